The zero-order chi connectivity index (χ0) is 14.5. The number of carboxylic acid groups (broad SMARTS) is 1. The fourth-order valence-corrected chi connectivity index (χ4v) is 2.62. The van der Waals surface area contributed by atoms with Crippen molar-refractivity contribution in [1.29, 1.82) is 0 Å². The maximum atomic E-state index is 10.5. The molecule has 0 bridgehead atoms. The van der Waals surface area contributed by atoms with E-state index in [0.29, 0.717) is 22.4 Å². The Bertz CT molecular complexity index is 650. The van der Waals surface area contributed by atoms with Gasteiger partial charge in [0, 0.05) is 22.0 Å². The Hall–Kier alpha value is -1.49. The number of ether oxygens (including phenoxy) is 1. The van der Waals surface area contributed by atoms with E-state index < -0.39 is 5.97 Å². The molecule has 1 heterocycles. The van der Waals surface area contributed by atoms with E-state index in [2.05, 4.69) is 0 Å². The molecule has 0 aliphatic rings. The molecule has 20 heavy (non-hydrogen) atoms. The van der Waals surface area contributed by atoms with Gasteiger partial charge >= 0.3 is 5.97 Å². The van der Waals surface area contributed by atoms with Gasteiger partial charge < -0.3 is 9.84 Å². The van der Waals surface area contributed by atoms with Gasteiger partial charge in [-0.2, -0.15) is 0 Å². The molecule has 0 fully saturated rings. The van der Waals surface area contributed by atoms with E-state index in [1.54, 1.807) is 18.2 Å². The van der Waals surface area contributed by atoms with Crippen LogP contribution in [0, 0.1) is 0 Å². The molecule has 2 aromatic rings. The fourth-order valence-electron chi connectivity index (χ4n) is 1.51. The lowest BCUT2D eigenvalue weighted by molar-refractivity contribution is -0.131. The summed E-state index contributed by atoms with van der Waals surface area (Å²) in [6, 6.07) is 6.83. The lowest BCUT2D eigenvalue weighted by Crippen LogP contribution is -1.95. The molecule has 0 aliphatic heterocycles. The first-order valence-electron chi connectivity index (χ1n) is 5.61. The molecule has 0 atom stereocenters. The van der Waals surface area contributed by atoms with Crippen molar-refractivity contribution in [3.63, 3.8) is 0 Å². The van der Waals surface area contributed by atoms with Crippen LogP contribution in [0.3, 0.4) is 0 Å². The first-order valence-corrected chi connectivity index (χ1v) is 7.25. The fraction of sp³-hybridized carbons (Fsp3) is 0.0714. The Balaban J connectivity index is 2.10. The van der Waals surface area contributed by atoms with Gasteiger partial charge in [-0.3, -0.25) is 0 Å². The van der Waals surface area contributed by atoms with Crippen molar-refractivity contribution < 1.29 is 14.6 Å². The summed E-state index contributed by atoms with van der Waals surface area (Å²) in [6.45, 7) is 0.303. The van der Waals surface area contributed by atoms with E-state index in [0.717, 1.165) is 16.5 Å². The Morgan fingerprint density at radius 1 is 1.35 bits per heavy atom. The Morgan fingerprint density at radius 3 is 2.90 bits per heavy atom. The average Bonchev–Trinajstić information content (AvgIpc) is 2.85. The number of carbonyl (C=O) groups is 1. The minimum Gasteiger partial charge on any atom is -0.486 e. The number of halogens is 2. The van der Waals surface area contributed by atoms with E-state index in [1.807, 2.05) is 11.4 Å². The number of benzene rings is 1. The SMILES string of the molecule is O=C(O)C=Cc1ccsc1COc1cc(Cl)ccc1Cl. The first kappa shape index (κ1) is 14.9. The third kappa shape index (κ3) is 4.00. The molecular formula is C14H10Cl2O3S. The number of rotatable bonds is 5. The molecule has 2 rings (SSSR count). The molecule has 0 unspecified atom stereocenters. The number of aliphatic carboxylic acids is 1. The second-order valence-electron chi connectivity index (χ2n) is 3.83. The smallest absolute Gasteiger partial charge is 0.328 e. The molecule has 0 amide bonds. The highest BCUT2D eigenvalue weighted by Crippen LogP contribution is 2.29. The summed E-state index contributed by atoms with van der Waals surface area (Å²) in [6.07, 6.45) is 2.63. The van der Waals surface area contributed by atoms with Gasteiger partial charge in [0.2, 0.25) is 0 Å². The molecule has 0 spiro atoms. The van der Waals surface area contributed by atoms with Crippen molar-refractivity contribution in [3.05, 3.63) is 56.2 Å². The molecule has 0 saturated carbocycles. The van der Waals surface area contributed by atoms with Gasteiger partial charge in [-0.1, -0.05) is 23.2 Å². The van der Waals surface area contributed by atoms with E-state index >= 15 is 0 Å². The molecule has 3 nitrogen and oxygen atoms in total. The predicted molar refractivity (Wildman–Crippen MR) is 81.8 cm³/mol. The van der Waals surface area contributed by atoms with Crippen LogP contribution in [0.4, 0.5) is 0 Å². The van der Waals surface area contributed by atoms with Crippen LogP contribution in [0.2, 0.25) is 10.0 Å². The van der Waals surface area contributed by atoms with Crippen molar-refractivity contribution in [2.24, 2.45) is 0 Å². The number of thiophene rings is 1. The first-order chi connectivity index (χ1) is 9.56. The second-order valence-corrected chi connectivity index (χ2v) is 5.68. The van der Waals surface area contributed by atoms with Crippen LogP contribution in [0.1, 0.15) is 10.4 Å². The zero-order valence-corrected chi connectivity index (χ0v) is 12.5. The summed E-state index contributed by atoms with van der Waals surface area (Å²) in [7, 11) is 0. The van der Waals surface area contributed by atoms with Crippen molar-refractivity contribution in [2.45, 2.75) is 6.61 Å². The van der Waals surface area contributed by atoms with Crippen molar-refractivity contribution in [2.75, 3.05) is 0 Å². The molecule has 1 N–H and O–H groups in total. The quantitative estimate of drug-likeness (QED) is 0.807. The molecule has 0 aliphatic carbocycles. The van der Waals surface area contributed by atoms with Crippen LogP contribution in [-0.2, 0) is 11.4 Å². The van der Waals surface area contributed by atoms with Crippen LogP contribution in [0.15, 0.2) is 35.7 Å². The predicted octanol–water partition coefficient (Wildman–Crippen LogP) is 4.73. The molecule has 1 aromatic carbocycles. The summed E-state index contributed by atoms with van der Waals surface area (Å²) in [5, 5.41) is 11.5. The van der Waals surface area contributed by atoms with E-state index in [-0.39, 0.29) is 0 Å². The zero-order valence-electron chi connectivity index (χ0n) is 10.2. The maximum absolute atomic E-state index is 10.5. The molecule has 0 saturated heterocycles. The number of hydrogen-bond acceptors (Lipinski definition) is 3. The lowest BCUT2D eigenvalue weighted by Gasteiger charge is -2.08. The Kier molecular flexibility index (Phi) is 5.06. The summed E-state index contributed by atoms with van der Waals surface area (Å²) >= 11 is 13.4. The van der Waals surface area contributed by atoms with Crippen LogP contribution < -0.4 is 4.74 Å². The molecule has 1 aromatic heterocycles. The van der Waals surface area contributed by atoms with Gasteiger partial charge in [-0.05, 0) is 35.2 Å². The minimum atomic E-state index is -0.985. The van der Waals surface area contributed by atoms with Crippen molar-refractivity contribution in [3.8, 4) is 5.75 Å². The number of carboxylic acids is 1. The van der Waals surface area contributed by atoms with Crippen LogP contribution in [0.25, 0.3) is 6.08 Å². The van der Waals surface area contributed by atoms with Crippen LogP contribution >= 0.6 is 34.5 Å². The maximum Gasteiger partial charge on any atom is 0.328 e. The summed E-state index contributed by atoms with van der Waals surface area (Å²) in [5.41, 5.74) is 0.815. The minimum absolute atomic E-state index is 0.303. The second kappa shape index (κ2) is 6.79. The molecular weight excluding hydrogens is 319 g/mol. The van der Waals surface area contributed by atoms with Gasteiger partial charge in [0.05, 0.1) is 5.02 Å². The van der Waals surface area contributed by atoms with Crippen molar-refractivity contribution >= 4 is 46.6 Å². The summed E-state index contributed by atoms with van der Waals surface area (Å²) < 4.78 is 5.62. The third-order valence-electron chi connectivity index (χ3n) is 2.44. The Labute approximate surface area is 130 Å². The van der Waals surface area contributed by atoms with E-state index in [1.165, 1.54) is 17.4 Å². The largest absolute Gasteiger partial charge is 0.486 e. The standard InChI is InChI=1S/C14H10Cl2O3S/c15-10-2-3-11(16)12(7-10)19-8-13-9(5-6-20-13)1-4-14(17)18/h1-7H,8H2,(H,17,18). The van der Waals surface area contributed by atoms with Gasteiger partial charge in [-0.15, -0.1) is 11.3 Å². The van der Waals surface area contributed by atoms with Gasteiger partial charge in [0.1, 0.15) is 12.4 Å². The monoisotopic (exact) mass is 328 g/mol. The third-order valence-corrected chi connectivity index (χ3v) is 3.89. The topological polar surface area (TPSA) is 46.5 Å². The lowest BCUT2D eigenvalue weighted by atomic mass is 10.2. The highest BCUT2D eigenvalue weighted by molar-refractivity contribution is 7.10. The van der Waals surface area contributed by atoms with Crippen molar-refractivity contribution in [1.82, 2.24) is 0 Å². The highest BCUT2D eigenvalue weighted by Gasteiger charge is 2.06. The Morgan fingerprint density at radius 2 is 2.15 bits per heavy atom. The summed E-state index contributed by atoms with van der Waals surface area (Å²) in [4.78, 5) is 11.4. The summed E-state index contributed by atoms with van der Waals surface area (Å²) in [5.74, 6) is -0.485. The van der Waals surface area contributed by atoms with E-state index in [4.69, 9.17) is 33.0 Å². The molecule has 0 radical (unpaired) electrons. The molecule has 104 valence electrons. The van der Waals surface area contributed by atoms with Crippen LogP contribution in [-0.4, -0.2) is 11.1 Å². The average molecular weight is 329 g/mol. The van der Waals surface area contributed by atoms with Gasteiger partial charge in [0.25, 0.3) is 0 Å². The van der Waals surface area contributed by atoms with Crippen LogP contribution in [0.5, 0.6) is 5.75 Å². The molecule has 6 heteroatoms. The highest BCUT2D eigenvalue weighted by atomic mass is 35.5. The number of hydrogen-bond donors (Lipinski definition) is 1. The normalized spacial score (nSPS) is 10.9. The van der Waals surface area contributed by atoms with Gasteiger partial charge in [0.15, 0.2) is 0 Å². The van der Waals surface area contributed by atoms with E-state index in [9.17, 15) is 4.79 Å². The van der Waals surface area contributed by atoms with Gasteiger partial charge in [-0.25, -0.2) is 4.79 Å².